The molecular formula is C15H13BrF3N. The molecule has 0 saturated carbocycles. The van der Waals surface area contributed by atoms with Crippen LogP contribution in [-0.2, 0) is 0 Å². The van der Waals surface area contributed by atoms with Crippen LogP contribution in [0, 0.1) is 17.5 Å². The lowest BCUT2D eigenvalue weighted by molar-refractivity contribution is 0.537. The van der Waals surface area contributed by atoms with Gasteiger partial charge in [0.15, 0.2) is 0 Å². The number of hydrogen-bond donors (Lipinski definition) is 1. The third kappa shape index (κ3) is 3.22. The topological polar surface area (TPSA) is 12.0 Å². The van der Waals surface area contributed by atoms with E-state index in [0.29, 0.717) is 16.6 Å². The lowest BCUT2D eigenvalue weighted by Gasteiger charge is -2.21. The molecule has 1 N–H and O–H groups in total. The summed E-state index contributed by atoms with van der Waals surface area (Å²) >= 11 is 3.33. The first-order valence-corrected chi connectivity index (χ1v) is 6.95. The quantitative estimate of drug-likeness (QED) is 0.857. The van der Waals surface area contributed by atoms with Crippen LogP contribution in [0.2, 0.25) is 0 Å². The van der Waals surface area contributed by atoms with Crippen LogP contribution in [0.15, 0.2) is 40.9 Å². The summed E-state index contributed by atoms with van der Waals surface area (Å²) in [7, 11) is 0. The van der Waals surface area contributed by atoms with Crippen LogP contribution in [0.5, 0.6) is 0 Å². The molecule has 0 aliphatic heterocycles. The van der Waals surface area contributed by atoms with E-state index < -0.39 is 23.5 Å². The molecule has 1 atom stereocenters. The minimum Gasteiger partial charge on any atom is -0.306 e. The minimum atomic E-state index is -0.660. The van der Waals surface area contributed by atoms with Crippen molar-refractivity contribution in [1.29, 1.82) is 0 Å². The third-order valence-corrected chi connectivity index (χ3v) is 3.67. The summed E-state index contributed by atoms with van der Waals surface area (Å²) in [6, 6.07) is 7.05. The maximum atomic E-state index is 14.0. The third-order valence-electron chi connectivity index (χ3n) is 2.95. The van der Waals surface area contributed by atoms with Crippen LogP contribution in [0.4, 0.5) is 13.2 Å². The van der Waals surface area contributed by atoms with Crippen molar-refractivity contribution >= 4 is 15.9 Å². The largest absolute Gasteiger partial charge is 0.306 e. The molecule has 0 aromatic heterocycles. The van der Waals surface area contributed by atoms with E-state index in [1.54, 1.807) is 6.07 Å². The maximum Gasteiger partial charge on any atom is 0.131 e. The van der Waals surface area contributed by atoms with Crippen molar-refractivity contribution in [2.75, 3.05) is 6.54 Å². The number of benzene rings is 2. The van der Waals surface area contributed by atoms with Crippen molar-refractivity contribution in [3.05, 3.63) is 69.4 Å². The van der Waals surface area contributed by atoms with Gasteiger partial charge in [0.25, 0.3) is 0 Å². The van der Waals surface area contributed by atoms with Gasteiger partial charge in [0.1, 0.15) is 17.5 Å². The monoisotopic (exact) mass is 343 g/mol. The second kappa shape index (κ2) is 6.41. The number of hydrogen-bond acceptors (Lipinski definition) is 1. The van der Waals surface area contributed by atoms with Crippen LogP contribution in [0.1, 0.15) is 24.1 Å². The van der Waals surface area contributed by atoms with Crippen LogP contribution in [0.25, 0.3) is 0 Å². The molecule has 0 spiro atoms. The van der Waals surface area contributed by atoms with Crippen LogP contribution < -0.4 is 5.32 Å². The molecule has 0 saturated heterocycles. The Morgan fingerprint density at radius 1 is 1.00 bits per heavy atom. The van der Waals surface area contributed by atoms with Crippen molar-refractivity contribution in [2.45, 2.75) is 13.0 Å². The first kappa shape index (κ1) is 15.1. The Bertz CT molecular complexity index is 616. The molecule has 0 aliphatic carbocycles. The Balaban J connectivity index is 2.53. The Morgan fingerprint density at radius 2 is 1.65 bits per heavy atom. The van der Waals surface area contributed by atoms with Crippen molar-refractivity contribution in [2.24, 2.45) is 0 Å². The van der Waals surface area contributed by atoms with Crippen molar-refractivity contribution in [3.8, 4) is 0 Å². The standard InChI is InChI=1S/C15H13BrF3N/c1-2-20-15(11-5-3-10(18)8-14(11)19)12-7-9(17)4-6-13(12)16/h3-8,15,20H,2H2,1H3. The molecule has 1 nitrogen and oxygen atoms in total. The van der Waals surface area contributed by atoms with E-state index >= 15 is 0 Å². The van der Waals surface area contributed by atoms with Gasteiger partial charge in [0, 0.05) is 16.1 Å². The van der Waals surface area contributed by atoms with E-state index in [0.717, 1.165) is 6.07 Å². The zero-order valence-electron chi connectivity index (χ0n) is 10.8. The highest BCUT2D eigenvalue weighted by Crippen LogP contribution is 2.31. The second-order valence-electron chi connectivity index (χ2n) is 4.32. The second-order valence-corrected chi connectivity index (χ2v) is 5.18. The molecule has 0 bridgehead atoms. The van der Waals surface area contributed by atoms with E-state index in [4.69, 9.17) is 0 Å². The zero-order chi connectivity index (χ0) is 14.7. The van der Waals surface area contributed by atoms with Gasteiger partial charge in [0.05, 0.1) is 6.04 Å². The molecule has 2 aromatic carbocycles. The highest BCUT2D eigenvalue weighted by Gasteiger charge is 2.20. The molecule has 5 heteroatoms. The molecular weight excluding hydrogens is 331 g/mol. The van der Waals surface area contributed by atoms with Crippen molar-refractivity contribution in [3.63, 3.8) is 0 Å². The molecule has 2 aromatic rings. The minimum absolute atomic E-state index is 0.277. The Kier molecular flexibility index (Phi) is 4.83. The number of halogens is 4. The van der Waals surface area contributed by atoms with Gasteiger partial charge >= 0.3 is 0 Å². The van der Waals surface area contributed by atoms with Crippen molar-refractivity contribution in [1.82, 2.24) is 5.32 Å². The fourth-order valence-corrected chi connectivity index (χ4v) is 2.54. The highest BCUT2D eigenvalue weighted by atomic mass is 79.9. The number of nitrogens with one attached hydrogen (secondary N) is 1. The van der Waals surface area contributed by atoms with Gasteiger partial charge in [-0.3, -0.25) is 0 Å². The van der Waals surface area contributed by atoms with Gasteiger partial charge in [0.2, 0.25) is 0 Å². The summed E-state index contributed by atoms with van der Waals surface area (Å²) < 4.78 is 41.1. The normalized spacial score (nSPS) is 12.4. The predicted molar refractivity (Wildman–Crippen MR) is 76.0 cm³/mol. The van der Waals surface area contributed by atoms with E-state index in [9.17, 15) is 13.2 Å². The number of rotatable bonds is 4. The van der Waals surface area contributed by atoms with E-state index in [1.165, 1.54) is 24.3 Å². The average Bonchev–Trinajstić information content (AvgIpc) is 2.40. The summed E-state index contributed by atoms with van der Waals surface area (Å²) in [5.74, 6) is -1.71. The molecule has 0 radical (unpaired) electrons. The van der Waals surface area contributed by atoms with Gasteiger partial charge in [-0.2, -0.15) is 0 Å². The van der Waals surface area contributed by atoms with Gasteiger partial charge in [-0.25, -0.2) is 13.2 Å². The summed E-state index contributed by atoms with van der Waals surface area (Å²) in [5, 5.41) is 3.08. The molecule has 1 unspecified atom stereocenters. The lowest BCUT2D eigenvalue weighted by Crippen LogP contribution is -2.23. The summed E-state index contributed by atoms with van der Waals surface area (Å²) in [5.41, 5.74) is 0.844. The van der Waals surface area contributed by atoms with Crippen LogP contribution >= 0.6 is 15.9 Å². The first-order chi connectivity index (χ1) is 9.52. The fourth-order valence-electron chi connectivity index (χ4n) is 2.06. The molecule has 106 valence electrons. The summed E-state index contributed by atoms with van der Waals surface area (Å²) in [4.78, 5) is 0. The van der Waals surface area contributed by atoms with E-state index in [2.05, 4.69) is 21.2 Å². The average molecular weight is 344 g/mol. The lowest BCUT2D eigenvalue weighted by atomic mass is 9.98. The molecule has 0 aliphatic rings. The molecule has 0 amide bonds. The van der Waals surface area contributed by atoms with Crippen LogP contribution in [-0.4, -0.2) is 6.54 Å². The Labute approximate surface area is 123 Å². The van der Waals surface area contributed by atoms with Crippen LogP contribution in [0.3, 0.4) is 0 Å². The zero-order valence-corrected chi connectivity index (χ0v) is 12.3. The summed E-state index contributed by atoms with van der Waals surface area (Å²) in [6.45, 7) is 2.42. The Morgan fingerprint density at radius 3 is 2.30 bits per heavy atom. The van der Waals surface area contributed by atoms with E-state index in [-0.39, 0.29) is 5.56 Å². The maximum absolute atomic E-state index is 14.0. The predicted octanol–water partition coefficient (Wildman–Crippen LogP) is 4.57. The van der Waals surface area contributed by atoms with E-state index in [1.807, 2.05) is 6.92 Å². The van der Waals surface area contributed by atoms with Gasteiger partial charge in [-0.15, -0.1) is 0 Å². The SMILES string of the molecule is CCNC(c1ccc(F)cc1F)c1cc(F)ccc1Br. The molecule has 0 heterocycles. The summed E-state index contributed by atoms with van der Waals surface area (Å²) in [6.07, 6.45) is 0. The van der Waals surface area contributed by atoms with Gasteiger partial charge in [-0.05, 0) is 36.4 Å². The smallest absolute Gasteiger partial charge is 0.131 e. The molecule has 2 rings (SSSR count). The fraction of sp³-hybridized carbons (Fsp3) is 0.200. The first-order valence-electron chi connectivity index (χ1n) is 6.16. The van der Waals surface area contributed by atoms with Gasteiger partial charge < -0.3 is 5.32 Å². The Hall–Kier alpha value is -1.33. The van der Waals surface area contributed by atoms with Crippen molar-refractivity contribution < 1.29 is 13.2 Å². The molecule has 20 heavy (non-hydrogen) atoms. The van der Waals surface area contributed by atoms with Gasteiger partial charge in [-0.1, -0.05) is 28.9 Å². The highest BCUT2D eigenvalue weighted by molar-refractivity contribution is 9.10. The molecule has 0 fully saturated rings.